The molecule has 0 spiro atoms. The van der Waals surface area contributed by atoms with E-state index in [4.69, 9.17) is 9.84 Å². The lowest BCUT2D eigenvalue weighted by Gasteiger charge is -2.42. The second-order valence-electron chi connectivity index (χ2n) is 5.63. The minimum atomic E-state index is -0.882. The van der Waals surface area contributed by atoms with Gasteiger partial charge >= 0.3 is 5.97 Å². The van der Waals surface area contributed by atoms with Gasteiger partial charge in [-0.1, -0.05) is 30.3 Å². The lowest BCUT2D eigenvalue weighted by molar-refractivity contribution is -0.142. The standard InChI is InChI=1S/C16H21NO4/c1-12(21-11-13-6-3-2-4-7-13)15(20)17-16(8-5-9-16)10-14(18)19/h2-4,6-7,12H,5,8-11H2,1H3,(H,17,20)(H,18,19). The topological polar surface area (TPSA) is 75.6 Å². The summed E-state index contributed by atoms with van der Waals surface area (Å²) in [5.74, 6) is -1.13. The van der Waals surface area contributed by atoms with Crippen LogP contribution in [-0.4, -0.2) is 28.6 Å². The number of nitrogens with one attached hydrogen (secondary N) is 1. The van der Waals surface area contributed by atoms with Crippen LogP contribution in [0.25, 0.3) is 0 Å². The number of rotatable bonds is 7. The average Bonchev–Trinajstić information content (AvgIpc) is 2.42. The highest BCUT2D eigenvalue weighted by molar-refractivity contribution is 5.82. The predicted molar refractivity (Wildman–Crippen MR) is 77.7 cm³/mol. The van der Waals surface area contributed by atoms with Gasteiger partial charge in [0.05, 0.1) is 18.6 Å². The quantitative estimate of drug-likeness (QED) is 0.806. The smallest absolute Gasteiger partial charge is 0.305 e. The van der Waals surface area contributed by atoms with E-state index in [2.05, 4.69) is 5.32 Å². The van der Waals surface area contributed by atoms with Crippen LogP contribution in [0.2, 0.25) is 0 Å². The third-order valence-electron chi connectivity index (χ3n) is 3.90. The maximum Gasteiger partial charge on any atom is 0.305 e. The van der Waals surface area contributed by atoms with Gasteiger partial charge in [0, 0.05) is 0 Å². The van der Waals surface area contributed by atoms with E-state index in [-0.39, 0.29) is 12.3 Å². The van der Waals surface area contributed by atoms with Crippen LogP contribution in [0.3, 0.4) is 0 Å². The zero-order valence-corrected chi connectivity index (χ0v) is 12.2. The summed E-state index contributed by atoms with van der Waals surface area (Å²) in [6.45, 7) is 2.05. The molecule has 1 unspecified atom stereocenters. The number of hydrogen-bond acceptors (Lipinski definition) is 3. The first kappa shape index (κ1) is 15.5. The summed E-state index contributed by atoms with van der Waals surface area (Å²) in [6.07, 6.45) is 1.76. The van der Waals surface area contributed by atoms with Crippen LogP contribution >= 0.6 is 0 Å². The van der Waals surface area contributed by atoms with Crippen molar-refractivity contribution in [2.75, 3.05) is 0 Å². The highest BCUT2D eigenvalue weighted by atomic mass is 16.5. The predicted octanol–water partition coefficient (Wildman–Crippen LogP) is 2.11. The van der Waals surface area contributed by atoms with Gasteiger partial charge in [0.1, 0.15) is 6.10 Å². The van der Waals surface area contributed by atoms with Gasteiger partial charge in [0.25, 0.3) is 0 Å². The average molecular weight is 291 g/mol. The van der Waals surface area contributed by atoms with Crippen LogP contribution in [0.5, 0.6) is 0 Å². The molecule has 5 nitrogen and oxygen atoms in total. The third-order valence-corrected chi connectivity index (χ3v) is 3.90. The van der Waals surface area contributed by atoms with E-state index < -0.39 is 17.6 Å². The summed E-state index contributed by atoms with van der Waals surface area (Å²) in [6, 6.07) is 9.62. The molecule has 1 aliphatic carbocycles. The van der Waals surface area contributed by atoms with Crippen molar-refractivity contribution in [1.82, 2.24) is 5.32 Å². The van der Waals surface area contributed by atoms with Gasteiger partial charge in [0.15, 0.2) is 0 Å². The van der Waals surface area contributed by atoms with Gasteiger partial charge in [-0.3, -0.25) is 9.59 Å². The maximum absolute atomic E-state index is 12.1. The Labute approximate surface area is 124 Å². The SMILES string of the molecule is CC(OCc1ccccc1)C(=O)NC1(CC(=O)O)CCC1. The molecule has 2 rings (SSSR count). The van der Waals surface area contributed by atoms with Gasteiger partial charge in [-0.2, -0.15) is 0 Å². The van der Waals surface area contributed by atoms with Crippen molar-refractivity contribution in [2.24, 2.45) is 0 Å². The zero-order chi connectivity index (χ0) is 15.3. The molecule has 0 aromatic heterocycles. The lowest BCUT2D eigenvalue weighted by Crippen LogP contribution is -2.56. The number of carbonyl (C=O) groups excluding carboxylic acids is 1. The molecule has 1 fully saturated rings. The van der Waals surface area contributed by atoms with Crippen molar-refractivity contribution >= 4 is 11.9 Å². The molecule has 0 bridgehead atoms. The van der Waals surface area contributed by atoms with Gasteiger partial charge in [0.2, 0.25) is 5.91 Å². The molecule has 5 heteroatoms. The molecular weight excluding hydrogens is 270 g/mol. The van der Waals surface area contributed by atoms with Gasteiger partial charge in [-0.25, -0.2) is 0 Å². The fourth-order valence-corrected chi connectivity index (χ4v) is 2.47. The molecule has 1 aliphatic rings. The Kier molecular flexibility index (Phi) is 4.96. The monoisotopic (exact) mass is 291 g/mol. The first-order valence-electron chi connectivity index (χ1n) is 7.20. The summed E-state index contributed by atoms with van der Waals surface area (Å²) in [7, 11) is 0. The largest absolute Gasteiger partial charge is 0.481 e. The van der Waals surface area contributed by atoms with E-state index in [1.54, 1.807) is 6.92 Å². The molecule has 1 saturated carbocycles. The van der Waals surface area contributed by atoms with Gasteiger partial charge < -0.3 is 15.2 Å². The Balaban J connectivity index is 1.83. The minimum absolute atomic E-state index is 0.0237. The molecule has 0 saturated heterocycles. The van der Waals surface area contributed by atoms with Crippen LogP contribution in [0.15, 0.2) is 30.3 Å². The number of aliphatic carboxylic acids is 1. The molecule has 2 N–H and O–H groups in total. The van der Waals surface area contributed by atoms with Crippen LogP contribution in [0.1, 0.15) is 38.2 Å². The number of carboxylic acid groups (broad SMARTS) is 1. The number of benzene rings is 1. The van der Waals surface area contributed by atoms with Crippen LogP contribution in [-0.2, 0) is 20.9 Å². The third kappa shape index (κ3) is 4.29. The minimum Gasteiger partial charge on any atom is -0.481 e. The van der Waals surface area contributed by atoms with E-state index in [9.17, 15) is 9.59 Å². The fourth-order valence-electron chi connectivity index (χ4n) is 2.47. The zero-order valence-electron chi connectivity index (χ0n) is 12.2. The summed E-state index contributed by atoms with van der Waals surface area (Å²) >= 11 is 0. The first-order valence-corrected chi connectivity index (χ1v) is 7.20. The highest BCUT2D eigenvalue weighted by Crippen LogP contribution is 2.35. The Hall–Kier alpha value is -1.88. The van der Waals surface area contributed by atoms with Crippen molar-refractivity contribution in [3.63, 3.8) is 0 Å². The van der Waals surface area contributed by atoms with E-state index in [0.29, 0.717) is 6.61 Å². The van der Waals surface area contributed by atoms with Crippen molar-refractivity contribution in [3.05, 3.63) is 35.9 Å². The Morgan fingerprint density at radius 3 is 2.52 bits per heavy atom. The summed E-state index contributed by atoms with van der Waals surface area (Å²) in [5.41, 5.74) is 0.425. The Morgan fingerprint density at radius 2 is 2.00 bits per heavy atom. The number of ether oxygens (including phenoxy) is 1. The summed E-state index contributed by atoms with van der Waals surface area (Å²) in [4.78, 5) is 23.0. The van der Waals surface area contributed by atoms with Crippen LogP contribution in [0.4, 0.5) is 0 Å². The molecule has 21 heavy (non-hydrogen) atoms. The molecule has 0 heterocycles. The normalized spacial score (nSPS) is 17.6. The van der Waals surface area contributed by atoms with E-state index in [1.165, 1.54) is 0 Å². The summed E-state index contributed by atoms with van der Waals surface area (Å²) in [5, 5.41) is 11.8. The van der Waals surface area contributed by atoms with E-state index in [1.807, 2.05) is 30.3 Å². The Bertz CT molecular complexity index is 496. The number of carbonyl (C=O) groups is 2. The number of carboxylic acids is 1. The van der Waals surface area contributed by atoms with Crippen molar-refractivity contribution < 1.29 is 19.4 Å². The molecule has 1 aromatic rings. The number of hydrogen-bond donors (Lipinski definition) is 2. The lowest BCUT2D eigenvalue weighted by atomic mass is 9.74. The van der Waals surface area contributed by atoms with Crippen molar-refractivity contribution in [2.45, 2.75) is 50.9 Å². The highest BCUT2D eigenvalue weighted by Gasteiger charge is 2.41. The van der Waals surface area contributed by atoms with Crippen LogP contribution in [0, 0.1) is 0 Å². The molecular formula is C16H21NO4. The molecule has 0 radical (unpaired) electrons. The van der Waals surface area contributed by atoms with Crippen LogP contribution < -0.4 is 5.32 Å². The molecule has 1 aromatic carbocycles. The van der Waals surface area contributed by atoms with Crippen molar-refractivity contribution in [1.29, 1.82) is 0 Å². The summed E-state index contributed by atoms with van der Waals surface area (Å²) < 4.78 is 5.55. The molecule has 1 amide bonds. The van der Waals surface area contributed by atoms with E-state index in [0.717, 1.165) is 24.8 Å². The first-order chi connectivity index (χ1) is 10.0. The number of amides is 1. The van der Waals surface area contributed by atoms with Gasteiger partial charge in [-0.05, 0) is 31.7 Å². The maximum atomic E-state index is 12.1. The molecule has 114 valence electrons. The fraction of sp³-hybridized carbons (Fsp3) is 0.500. The molecule has 0 aliphatic heterocycles. The second-order valence-corrected chi connectivity index (χ2v) is 5.63. The Morgan fingerprint density at radius 1 is 1.33 bits per heavy atom. The van der Waals surface area contributed by atoms with Gasteiger partial charge in [-0.15, -0.1) is 0 Å². The van der Waals surface area contributed by atoms with Crippen molar-refractivity contribution in [3.8, 4) is 0 Å². The molecule has 1 atom stereocenters. The second kappa shape index (κ2) is 6.72. The van der Waals surface area contributed by atoms with E-state index >= 15 is 0 Å².